The smallest absolute Gasteiger partial charge is 0.162 e. The van der Waals surface area contributed by atoms with Gasteiger partial charge in [0.25, 0.3) is 0 Å². The van der Waals surface area contributed by atoms with E-state index in [-0.39, 0.29) is 18.0 Å². The van der Waals surface area contributed by atoms with Crippen LogP contribution in [0.4, 0.5) is 10.2 Å². The summed E-state index contributed by atoms with van der Waals surface area (Å²) in [6.07, 6.45) is 8.99. The molecule has 1 unspecified atom stereocenters. The van der Waals surface area contributed by atoms with Gasteiger partial charge in [0.05, 0.1) is 23.7 Å². The molecule has 8 nitrogen and oxygen atoms in total. The molecule has 4 heterocycles. The van der Waals surface area contributed by atoms with Gasteiger partial charge in [0, 0.05) is 30.8 Å². The lowest BCUT2D eigenvalue weighted by Gasteiger charge is -2.30. The number of rotatable bonds is 6. The highest BCUT2D eigenvalue weighted by atomic mass is 19.1. The van der Waals surface area contributed by atoms with Crippen LogP contribution in [-0.2, 0) is 11.2 Å². The molecule has 1 aliphatic carbocycles. The molecular formula is C28H30FN7O. The molecule has 7 rings (SSSR count). The van der Waals surface area contributed by atoms with Crippen LogP contribution in [0.3, 0.4) is 0 Å². The minimum atomic E-state index is -0.411. The number of aliphatic imine (C=N–C) groups is 1. The van der Waals surface area contributed by atoms with Crippen molar-refractivity contribution in [2.24, 2.45) is 10.7 Å². The van der Waals surface area contributed by atoms with Crippen LogP contribution in [0.1, 0.15) is 67.5 Å². The Morgan fingerprint density at radius 1 is 1.05 bits per heavy atom. The minimum absolute atomic E-state index is 0.0345. The molecule has 37 heavy (non-hydrogen) atoms. The number of benzene rings is 2. The summed E-state index contributed by atoms with van der Waals surface area (Å²) in [4.78, 5) is 16.3. The third-order valence-corrected chi connectivity index (χ3v) is 7.69. The highest BCUT2D eigenvalue weighted by Crippen LogP contribution is 2.45. The van der Waals surface area contributed by atoms with E-state index in [0.717, 1.165) is 78.3 Å². The number of fused-ring (bicyclic) bond motifs is 2. The van der Waals surface area contributed by atoms with E-state index in [2.05, 4.69) is 9.55 Å². The van der Waals surface area contributed by atoms with Crippen LogP contribution in [0.15, 0.2) is 53.8 Å². The molecule has 1 saturated heterocycles. The molecule has 190 valence electrons. The van der Waals surface area contributed by atoms with E-state index in [1.165, 1.54) is 0 Å². The van der Waals surface area contributed by atoms with Crippen molar-refractivity contribution in [3.8, 4) is 5.69 Å². The fourth-order valence-corrected chi connectivity index (χ4v) is 5.65. The Hall–Kier alpha value is -3.56. The highest BCUT2D eigenvalue weighted by molar-refractivity contribution is 5.83. The number of ether oxygens (including phenoxy) is 1. The fraction of sp³-hybridized carbons (Fsp3) is 0.393. The maximum Gasteiger partial charge on any atom is 0.162 e. The highest BCUT2D eigenvalue weighted by Gasteiger charge is 2.32. The molecular weight excluding hydrogens is 469 g/mol. The third kappa shape index (κ3) is 3.93. The van der Waals surface area contributed by atoms with Gasteiger partial charge in [0.15, 0.2) is 5.82 Å². The Labute approximate surface area is 214 Å². The standard InChI is InChI=1S/C28H30FN7O/c29-20-11-12-21-26(24(20)18-9-10-18)36(19-6-2-1-3-7-19)22(33-21)13-14-34-16-32-28-25(27(34)30)31-17-35(28)23-8-4-5-15-37-23/h1-3,6-7,11-12,16-18,23,27H,4-5,8-10,13-15,30H2/t23-,27?/m0/s1. The maximum absolute atomic E-state index is 15.0. The topological polar surface area (TPSA) is 86.5 Å². The van der Waals surface area contributed by atoms with Crippen molar-refractivity contribution >= 4 is 23.2 Å². The monoisotopic (exact) mass is 499 g/mol. The van der Waals surface area contributed by atoms with Gasteiger partial charge in [0.2, 0.25) is 0 Å². The van der Waals surface area contributed by atoms with Crippen molar-refractivity contribution in [1.82, 2.24) is 24.0 Å². The zero-order chi connectivity index (χ0) is 24.9. The van der Waals surface area contributed by atoms with Crippen LogP contribution in [0.2, 0.25) is 0 Å². The number of nitrogens with two attached hydrogens (primary N) is 1. The van der Waals surface area contributed by atoms with Crippen molar-refractivity contribution < 1.29 is 9.13 Å². The van der Waals surface area contributed by atoms with Crippen LogP contribution < -0.4 is 5.73 Å². The second-order valence-corrected chi connectivity index (χ2v) is 10.2. The average molecular weight is 500 g/mol. The second-order valence-electron chi connectivity index (χ2n) is 10.2. The number of hydrogen-bond donors (Lipinski definition) is 1. The molecule has 2 atom stereocenters. The summed E-state index contributed by atoms with van der Waals surface area (Å²) in [5, 5.41) is 0. The van der Waals surface area contributed by atoms with Gasteiger partial charge < -0.3 is 15.4 Å². The number of nitrogens with zero attached hydrogens (tertiary/aromatic N) is 6. The van der Waals surface area contributed by atoms with Gasteiger partial charge in [-0.1, -0.05) is 18.2 Å². The molecule has 2 fully saturated rings. The second kappa shape index (κ2) is 9.08. The lowest BCUT2D eigenvalue weighted by Crippen LogP contribution is -2.37. The largest absolute Gasteiger partial charge is 0.358 e. The van der Waals surface area contributed by atoms with Crippen molar-refractivity contribution in [3.05, 3.63) is 71.7 Å². The van der Waals surface area contributed by atoms with Gasteiger partial charge in [0.1, 0.15) is 29.7 Å². The van der Waals surface area contributed by atoms with Gasteiger partial charge in [-0.15, -0.1) is 0 Å². The van der Waals surface area contributed by atoms with E-state index >= 15 is 4.39 Å². The molecule has 0 radical (unpaired) electrons. The molecule has 0 amide bonds. The normalized spacial score (nSPS) is 21.5. The first kappa shape index (κ1) is 22.6. The number of para-hydroxylation sites is 1. The van der Waals surface area contributed by atoms with E-state index in [1.807, 2.05) is 39.8 Å². The molecule has 2 aromatic carbocycles. The van der Waals surface area contributed by atoms with E-state index in [4.69, 9.17) is 20.4 Å². The Morgan fingerprint density at radius 3 is 2.70 bits per heavy atom. The minimum Gasteiger partial charge on any atom is -0.358 e. The first-order chi connectivity index (χ1) is 18.2. The van der Waals surface area contributed by atoms with Crippen molar-refractivity contribution in [1.29, 1.82) is 0 Å². The molecule has 2 aromatic heterocycles. The van der Waals surface area contributed by atoms with Gasteiger partial charge in [-0.3, -0.25) is 9.13 Å². The third-order valence-electron chi connectivity index (χ3n) is 7.69. The molecule has 2 aliphatic heterocycles. The van der Waals surface area contributed by atoms with Crippen molar-refractivity contribution in [3.63, 3.8) is 0 Å². The van der Waals surface area contributed by atoms with E-state index in [9.17, 15) is 0 Å². The molecule has 0 bridgehead atoms. The summed E-state index contributed by atoms with van der Waals surface area (Å²) in [7, 11) is 0. The summed E-state index contributed by atoms with van der Waals surface area (Å²) >= 11 is 0. The van der Waals surface area contributed by atoms with Gasteiger partial charge in [-0.2, -0.15) is 0 Å². The molecule has 9 heteroatoms. The first-order valence-electron chi connectivity index (χ1n) is 13.2. The fourth-order valence-electron chi connectivity index (χ4n) is 5.65. The summed E-state index contributed by atoms with van der Waals surface area (Å²) in [6.45, 7) is 1.36. The number of hydrogen-bond acceptors (Lipinski definition) is 6. The number of halogens is 1. The zero-order valence-corrected chi connectivity index (χ0v) is 20.6. The summed E-state index contributed by atoms with van der Waals surface area (Å²) < 4.78 is 25.1. The van der Waals surface area contributed by atoms with Gasteiger partial charge >= 0.3 is 0 Å². The predicted octanol–water partition coefficient (Wildman–Crippen LogP) is 5.11. The molecule has 4 aromatic rings. The van der Waals surface area contributed by atoms with Crippen molar-refractivity contribution in [2.45, 2.75) is 56.8 Å². The summed E-state index contributed by atoms with van der Waals surface area (Å²) in [6, 6.07) is 13.4. The van der Waals surface area contributed by atoms with E-state index < -0.39 is 6.17 Å². The number of aromatic nitrogens is 4. The van der Waals surface area contributed by atoms with Crippen LogP contribution in [-0.4, -0.2) is 43.5 Å². The van der Waals surface area contributed by atoms with Crippen LogP contribution >= 0.6 is 0 Å². The lowest BCUT2D eigenvalue weighted by molar-refractivity contribution is -0.0310. The average Bonchev–Trinajstić information content (AvgIpc) is 3.56. The zero-order valence-electron chi connectivity index (χ0n) is 20.6. The van der Waals surface area contributed by atoms with E-state index in [0.29, 0.717) is 13.0 Å². The predicted molar refractivity (Wildman–Crippen MR) is 140 cm³/mol. The lowest BCUT2D eigenvalue weighted by atomic mass is 10.1. The quantitative estimate of drug-likeness (QED) is 0.398. The Balaban J connectivity index is 1.20. The van der Waals surface area contributed by atoms with Crippen LogP contribution in [0.25, 0.3) is 16.7 Å². The maximum atomic E-state index is 15.0. The Kier molecular flexibility index (Phi) is 5.55. The molecule has 3 aliphatic rings. The Morgan fingerprint density at radius 2 is 1.92 bits per heavy atom. The molecule has 0 spiro atoms. The van der Waals surface area contributed by atoms with Crippen molar-refractivity contribution in [2.75, 3.05) is 13.2 Å². The van der Waals surface area contributed by atoms with Crippen LogP contribution in [0, 0.1) is 5.82 Å². The molecule has 1 saturated carbocycles. The van der Waals surface area contributed by atoms with E-state index in [1.54, 1.807) is 24.8 Å². The summed E-state index contributed by atoms with van der Waals surface area (Å²) in [5.41, 5.74) is 10.9. The van der Waals surface area contributed by atoms with Crippen LogP contribution in [0.5, 0.6) is 0 Å². The molecule has 2 N–H and O–H groups in total. The number of imidazole rings is 2. The van der Waals surface area contributed by atoms with Gasteiger partial charge in [-0.25, -0.2) is 19.4 Å². The SMILES string of the molecule is NC1c2ncn([C@@H]3CCCCO3)c2N=CN1CCc1nc2ccc(F)c(C3CC3)c2n1-c1ccccc1. The van der Waals surface area contributed by atoms with Gasteiger partial charge in [-0.05, 0) is 62.3 Å². The summed E-state index contributed by atoms with van der Waals surface area (Å²) in [5.74, 6) is 1.77. The first-order valence-corrected chi connectivity index (χ1v) is 13.2. The Bertz CT molecular complexity index is 1470.